The van der Waals surface area contributed by atoms with Crippen LogP contribution >= 0.6 is 0 Å². The molecule has 1 aromatic heterocycles. The van der Waals surface area contributed by atoms with Gasteiger partial charge in [-0.2, -0.15) is 15.0 Å². The van der Waals surface area contributed by atoms with E-state index in [0.717, 1.165) is 11.4 Å². The van der Waals surface area contributed by atoms with E-state index < -0.39 is 0 Å². The van der Waals surface area contributed by atoms with Crippen molar-refractivity contribution in [3.05, 3.63) is 42.2 Å². The highest BCUT2D eigenvalue weighted by Crippen LogP contribution is 2.06. The van der Waals surface area contributed by atoms with Gasteiger partial charge >= 0.3 is 0 Å². The van der Waals surface area contributed by atoms with Crippen molar-refractivity contribution in [3.8, 4) is 5.69 Å². The molecule has 0 bridgehead atoms. The molecule has 6 heteroatoms. The lowest BCUT2D eigenvalue weighted by Crippen LogP contribution is -2.31. The molecule has 106 valence electrons. The number of nitrogens with two attached hydrogens (primary N) is 1. The quantitative estimate of drug-likeness (QED) is 0.880. The normalized spacial score (nSPS) is 12.2. The maximum absolute atomic E-state index is 11.8. The smallest absolute Gasteiger partial charge is 0.224 e. The van der Waals surface area contributed by atoms with Crippen molar-refractivity contribution >= 4 is 5.91 Å². The summed E-state index contributed by atoms with van der Waals surface area (Å²) >= 11 is 0. The van der Waals surface area contributed by atoms with E-state index in [4.69, 9.17) is 5.73 Å². The molecule has 1 amide bonds. The lowest BCUT2D eigenvalue weighted by atomic mass is 10.2. The van der Waals surface area contributed by atoms with Gasteiger partial charge < -0.3 is 10.6 Å². The monoisotopic (exact) mass is 273 g/mol. The van der Waals surface area contributed by atoms with Crippen LogP contribution in [0.15, 0.2) is 36.5 Å². The first kappa shape index (κ1) is 14.2. The molecule has 0 aliphatic heterocycles. The summed E-state index contributed by atoms with van der Waals surface area (Å²) in [5.74, 6) is 0.00858. The summed E-state index contributed by atoms with van der Waals surface area (Å²) in [4.78, 5) is 15.0. The van der Waals surface area contributed by atoms with Crippen LogP contribution in [0.5, 0.6) is 0 Å². The van der Waals surface area contributed by atoms with Crippen LogP contribution in [0.4, 0.5) is 0 Å². The van der Waals surface area contributed by atoms with Gasteiger partial charge in [0.2, 0.25) is 5.91 Å². The summed E-state index contributed by atoms with van der Waals surface area (Å²) < 4.78 is 0. The molecule has 0 spiro atoms. The Hall–Kier alpha value is -2.21. The SMILES string of the molecule is CC(N)CC(=O)N(C)Cc1cnn(-c2ccccc2)n1. The van der Waals surface area contributed by atoms with Crippen molar-refractivity contribution in [1.82, 2.24) is 19.9 Å². The summed E-state index contributed by atoms with van der Waals surface area (Å²) in [6.07, 6.45) is 2.01. The minimum atomic E-state index is -0.134. The number of amides is 1. The Labute approximate surface area is 118 Å². The summed E-state index contributed by atoms with van der Waals surface area (Å²) in [5.41, 5.74) is 7.26. The molecule has 1 heterocycles. The predicted molar refractivity (Wildman–Crippen MR) is 76.1 cm³/mol. The van der Waals surface area contributed by atoms with Crippen molar-refractivity contribution in [3.63, 3.8) is 0 Å². The molecule has 2 N–H and O–H groups in total. The molecule has 1 unspecified atom stereocenters. The Balaban J connectivity index is 2.01. The number of rotatable bonds is 5. The highest BCUT2D eigenvalue weighted by atomic mass is 16.2. The molecule has 0 fully saturated rings. The van der Waals surface area contributed by atoms with Crippen molar-refractivity contribution in [1.29, 1.82) is 0 Å². The molecule has 1 aromatic carbocycles. The van der Waals surface area contributed by atoms with Crippen molar-refractivity contribution in [2.75, 3.05) is 7.05 Å². The summed E-state index contributed by atoms with van der Waals surface area (Å²) in [6, 6.07) is 9.51. The van der Waals surface area contributed by atoms with Gasteiger partial charge in [-0.25, -0.2) is 0 Å². The lowest BCUT2D eigenvalue weighted by Gasteiger charge is -2.16. The van der Waals surface area contributed by atoms with Crippen LogP contribution in [-0.2, 0) is 11.3 Å². The van der Waals surface area contributed by atoms with Gasteiger partial charge in [-0.1, -0.05) is 18.2 Å². The second-order valence-corrected chi connectivity index (χ2v) is 4.89. The minimum Gasteiger partial charge on any atom is -0.340 e. The van der Waals surface area contributed by atoms with Gasteiger partial charge in [-0.3, -0.25) is 4.79 Å². The number of benzene rings is 1. The van der Waals surface area contributed by atoms with Crippen LogP contribution in [-0.4, -0.2) is 38.9 Å². The largest absolute Gasteiger partial charge is 0.340 e. The second-order valence-electron chi connectivity index (χ2n) is 4.89. The number of para-hydroxylation sites is 1. The maximum Gasteiger partial charge on any atom is 0.224 e. The summed E-state index contributed by atoms with van der Waals surface area (Å²) in [5, 5.41) is 8.57. The summed E-state index contributed by atoms with van der Waals surface area (Å²) in [7, 11) is 1.74. The number of hydrogen-bond acceptors (Lipinski definition) is 4. The van der Waals surface area contributed by atoms with Crippen LogP contribution in [0.2, 0.25) is 0 Å². The van der Waals surface area contributed by atoms with Gasteiger partial charge in [0.15, 0.2) is 0 Å². The van der Waals surface area contributed by atoms with Crippen molar-refractivity contribution in [2.24, 2.45) is 5.73 Å². The van der Waals surface area contributed by atoms with Gasteiger partial charge in [0.05, 0.1) is 18.4 Å². The average molecular weight is 273 g/mol. The van der Waals surface area contributed by atoms with Crippen LogP contribution < -0.4 is 5.73 Å². The van der Waals surface area contributed by atoms with Gasteiger partial charge in [-0.15, -0.1) is 0 Å². The average Bonchev–Trinajstić information content (AvgIpc) is 2.87. The third-order valence-electron chi connectivity index (χ3n) is 2.85. The fourth-order valence-electron chi connectivity index (χ4n) is 1.82. The molecule has 0 saturated carbocycles. The zero-order valence-corrected chi connectivity index (χ0v) is 11.7. The Morgan fingerprint density at radius 3 is 2.75 bits per heavy atom. The maximum atomic E-state index is 11.8. The van der Waals surface area contributed by atoms with Crippen LogP contribution in [0.25, 0.3) is 5.69 Å². The first-order chi connectivity index (χ1) is 9.56. The van der Waals surface area contributed by atoms with E-state index in [1.54, 1.807) is 22.9 Å². The fraction of sp³-hybridized carbons (Fsp3) is 0.357. The molecule has 2 rings (SSSR count). The highest BCUT2D eigenvalue weighted by molar-refractivity contribution is 5.76. The van der Waals surface area contributed by atoms with Crippen LogP contribution in [0.1, 0.15) is 19.0 Å². The number of hydrogen-bond donors (Lipinski definition) is 1. The van der Waals surface area contributed by atoms with Gasteiger partial charge in [0, 0.05) is 19.5 Å². The number of aromatic nitrogens is 3. The first-order valence-electron chi connectivity index (χ1n) is 6.52. The molecule has 1 atom stereocenters. The van der Waals surface area contributed by atoms with E-state index in [1.807, 2.05) is 37.3 Å². The fourth-order valence-corrected chi connectivity index (χ4v) is 1.82. The molecule has 0 aliphatic rings. The van der Waals surface area contributed by atoms with Crippen LogP contribution in [0.3, 0.4) is 0 Å². The molecular formula is C14H19N5O. The second kappa shape index (κ2) is 6.29. The zero-order chi connectivity index (χ0) is 14.5. The standard InChI is InChI=1S/C14H19N5O/c1-11(15)8-14(20)18(2)10-12-9-16-19(17-12)13-6-4-3-5-7-13/h3-7,9,11H,8,10,15H2,1-2H3. The first-order valence-corrected chi connectivity index (χ1v) is 6.52. The number of nitrogens with zero attached hydrogens (tertiary/aromatic N) is 4. The summed E-state index contributed by atoms with van der Waals surface area (Å²) in [6.45, 7) is 2.25. The molecule has 0 aliphatic carbocycles. The van der Waals surface area contributed by atoms with E-state index in [1.165, 1.54) is 0 Å². The van der Waals surface area contributed by atoms with E-state index >= 15 is 0 Å². The third kappa shape index (κ3) is 3.64. The Kier molecular flexibility index (Phi) is 4.47. The molecule has 2 aromatic rings. The lowest BCUT2D eigenvalue weighted by molar-refractivity contribution is -0.130. The zero-order valence-electron chi connectivity index (χ0n) is 11.7. The molecule has 6 nitrogen and oxygen atoms in total. The van der Waals surface area contributed by atoms with Crippen molar-refractivity contribution < 1.29 is 4.79 Å². The number of carbonyl (C=O) groups is 1. The predicted octanol–water partition coefficient (Wildman–Crippen LogP) is 0.963. The minimum absolute atomic E-state index is 0.00858. The Morgan fingerprint density at radius 2 is 2.10 bits per heavy atom. The van der Waals surface area contributed by atoms with E-state index in [-0.39, 0.29) is 11.9 Å². The van der Waals surface area contributed by atoms with E-state index in [0.29, 0.717) is 13.0 Å². The molecular weight excluding hydrogens is 254 g/mol. The molecule has 0 radical (unpaired) electrons. The van der Waals surface area contributed by atoms with E-state index in [9.17, 15) is 4.79 Å². The molecule has 0 saturated heterocycles. The van der Waals surface area contributed by atoms with Crippen molar-refractivity contribution in [2.45, 2.75) is 25.9 Å². The van der Waals surface area contributed by atoms with E-state index in [2.05, 4.69) is 10.2 Å². The Bertz CT molecular complexity index is 564. The Morgan fingerprint density at radius 1 is 1.40 bits per heavy atom. The molecule has 20 heavy (non-hydrogen) atoms. The van der Waals surface area contributed by atoms with Crippen LogP contribution in [0, 0.1) is 0 Å². The van der Waals surface area contributed by atoms with Gasteiger partial charge in [0.25, 0.3) is 0 Å². The topological polar surface area (TPSA) is 77.0 Å². The highest BCUT2D eigenvalue weighted by Gasteiger charge is 2.13. The number of carbonyl (C=O) groups excluding carboxylic acids is 1. The van der Waals surface area contributed by atoms with Gasteiger partial charge in [-0.05, 0) is 19.1 Å². The van der Waals surface area contributed by atoms with Gasteiger partial charge in [0.1, 0.15) is 5.69 Å². The third-order valence-corrected chi connectivity index (χ3v) is 2.85.